The van der Waals surface area contributed by atoms with Crippen molar-refractivity contribution < 1.29 is 9.13 Å². The van der Waals surface area contributed by atoms with Crippen molar-refractivity contribution in [1.29, 1.82) is 5.41 Å². The van der Waals surface area contributed by atoms with Crippen LogP contribution in [-0.4, -0.2) is 12.3 Å². The molecule has 5 heteroatoms. The van der Waals surface area contributed by atoms with Crippen LogP contribution in [0.4, 0.5) is 15.8 Å². The Bertz CT molecular complexity index is 895. The van der Waals surface area contributed by atoms with Crippen LogP contribution in [0.25, 0.3) is 0 Å². The van der Waals surface area contributed by atoms with Gasteiger partial charge in [0.05, 0.1) is 0 Å². The summed E-state index contributed by atoms with van der Waals surface area (Å²) in [5, 5.41) is 10.9. The fraction of sp³-hybridized carbons (Fsp3) is 0.136. The third-order valence-electron chi connectivity index (χ3n) is 4.17. The van der Waals surface area contributed by atoms with Gasteiger partial charge >= 0.3 is 0 Å². The average Bonchev–Trinajstić information content (AvgIpc) is 2.69. The molecule has 2 atom stereocenters. The van der Waals surface area contributed by atoms with Gasteiger partial charge in [-0.15, -0.1) is 0 Å². The summed E-state index contributed by atoms with van der Waals surface area (Å²) in [6.45, 7) is 1.90. The molecule has 3 aromatic carbocycles. The second kappa shape index (κ2) is 8.47. The van der Waals surface area contributed by atoms with Crippen LogP contribution in [0.15, 0.2) is 72.8 Å². The number of hydrogen-bond donors (Lipinski definition) is 3. The minimum atomic E-state index is -0.292. The molecule has 0 heterocycles. The standard InChI is InChI=1S/C22H22FN3O/c1-15(25)22(16-5-3-2-4-6-16)27-20-11-12-21(17(13-20)14-24)26-19-9-7-18(23)8-10-19/h2-15,22,24,26H,25H2,1H3/t15-,22-/m0/s1. The Morgan fingerprint density at radius 3 is 2.37 bits per heavy atom. The highest BCUT2D eigenvalue weighted by atomic mass is 19.1. The molecular weight excluding hydrogens is 341 g/mol. The van der Waals surface area contributed by atoms with Gasteiger partial charge in [-0.2, -0.15) is 0 Å². The molecule has 0 spiro atoms. The maximum absolute atomic E-state index is 13.1. The molecule has 4 N–H and O–H groups in total. The summed E-state index contributed by atoms with van der Waals surface area (Å²) in [7, 11) is 0. The Morgan fingerprint density at radius 1 is 1.04 bits per heavy atom. The first-order valence-electron chi connectivity index (χ1n) is 8.71. The van der Waals surface area contributed by atoms with Crippen LogP contribution in [0.3, 0.4) is 0 Å². The average molecular weight is 363 g/mol. The zero-order valence-corrected chi connectivity index (χ0v) is 15.0. The molecule has 0 aliphatic heterocycles. The maximum atomic E-state index is 13.1. The van der Waals surface area contributed by atoms with E-state index in [4.69, 9.17) is 15.9 Å². The van der Waals surface area contributed by atoms with Crippen molar-refractivity contribution in [3.05, 3.63) is 89.7 Å². The summed E-state index contributed by atoms with van der Waals surface area (Å²) in [6.07, 6.45) is 0.961. The number of nitrogens with two attached hydrogens (primary N) is 1. The lowest BCUT2D eigenvalue weighted by atomic mass is 10.0. The Morgan fingerprint density at radius 2 is 1.74 bits per heavy atom. The van der Waals surface area contributed by atoms with Gasteiger partial charge in [0.2, 0.25) is 0 Å². The number of halogens is 1. The predicted molar refractivity (Wildman–Crippen MR) is 107 cm³/mol. The minimum Gasteiger partial charge on any atom is -0.484 e. The van der Waals surface area contributed by atoms with E-state index in [2.05, 4.69) is 5.32 Å². The van der Waals surface area contributed by atoms with Crippen molar-refractivity contribution in [2.24, 2.45) is 5.73 Å². The molecule has 0 radical (unpaired) electrons. The lowest BCUT2D eigenvalue weighted by Crippen LogP contribution is -2.29. The van der Waals surface area contributed by atoms with Gasteiger partial charge in [-0.3, -0.25) is 0 Å². The zero-order valence-electron chi connectivity index (χ0n) is 15.0. The van der Waals surface area contributed by atoms with Crippen LogP contribution in [0, 0.1) is 11.2 Å². The Labute approximate surface area is 158 Å². The number of ether oxygens (including phenoxy) is 1. The molecule has 0 aliphatic carbocycles. The highest BCUT2D eigenvalue weighted by Gasteiger charge is 2.18. The van der Waals surface area contributed by atoms with Crippen molar-refractivity contribution in [1.82, 2.24) is 0 Å². The summed E-state index contributed by atoms with van der Waals surface area (Å²) < 4.78 is 19.2. The Kier molecular flexibility index (Phi) is 5.84. The second-order valence-electron chi connectivity index (χ2n) is 6.33. The van der Waals surface area contributed by atoms with Crippen LogP contribution in [-0.2, 0) is 0 Å². The lowest BCUT2D eigenvalue weighted by Gasteiger charge is -2.23. The van der Waals surface area contributed by atoms with E-state index in [-0.39, 0.29) is 18.0 Å². The summed E-state index contributed by atoms with van der Waals surface area (Å²) in [4.78, 5) is 0. The number of hydrogen-bond acceptors (Lipinski definition) is 4. The molecule has 0 saturated heterocycles. The smallest absolute Gasteiger partial charge is 0.138 e. The van der Waals surface area contributed by atoms with Crippen LogP contribution in [0.1, 0.15) is 24.2 Å². The molecule has 0 aliphatic rings. The largest absolute Gasteiger partial charge is 0.484 e. The van der Waals surface area contributed by atoms with E-state index in [1.165, 1.54) is 18.3 Å². The third kappa shape index (κ3) is 4.71. The van der Waals surface area contributed by atoms with E-state index >= 15 is 0 Å². The molecule has 0 aromatic heterocycles. The fourth-order valence-corrected chi connectivity index (χ4v) is 2.80. The molecule has 3 rings (SSSR count). The van der Waals surface area contributed by atoms with E-state index in [0.717, 1.165) is 16.9 Å². The Balaban J connectivity index is 1.82. The van der Waals surface area contributed by atoms with Crippen molar-refractivity contribution in [3.63, 3.8) is 0 Å². The first-order chi connectivity index (χ1) is 13.1. The van der Waals surface area contributed by atoms with E-state index in [1.54, 1.807) is 18.2 Å². The first kappa shape index (κ1) is 18.6. The normalized spacial score (nSPS) is 12.9. The van der Waals surface area contributed by atoms with Crippen molar-refractivity contribution in [3.8, 4) is 5.75 Å². The maximum Gasteiger partial charge on any atom is 0.138 e. The highest BCUT2D eigenvalue weighted by Crippen LogP contribution is 2.29. The van der Waals surface area contributed by atoms with Gasteiger partial charge in [0.1, 0.15) is 17.7 Å². The second-order valence-corrected chi connectivity index (χ2v) is 6.33. The molecule has 3 aromatic rings. The summed E-state index contributed by atoms with van der Waals surface area (Å²) in [5.41, 5.74) is 9.26. The van der Waals surface area contributed by atoms with Crippen molar-refractivity contribution in [2.45, 2.75) is 19.1 Å². The van der Waals surface area contributed by atoms with E-state index in [0.29, 0.717) is 11.3 Å². The predicted octanol–water partition coefficient (Wildman–Crippen LogP) is 5.03. The molecule has 0 unspecified atom stereocenters. The van der Waals surface area contributed by atoms with Crippen molar-refractivity contribution >= 4 is 17.6 Å². The summed E-state index contributed by atoms with van der Waals surface area (Å²) in [6, 6.07) is 21.1. The first-order valence-corrected chi connectivity index (χ1v) is 8.71. The molecule has 138 valence electrons. The number of anilines is 2. The number of rotatable bonds is 7. The van der Waals surface area contributed by atoms with Gasteiger partial charge in [0.25, 0.3) is 0 Å². The monoisotopic (exact) mass is 363 g/mol. The summed E-state index contributed by atoms with van der Waals surface area (Å²) >= 11 is 0. The highest BCUT2D eigenvalue weighted by molar-refractivity contribution is 5.88. The number of benzene rings is 3. The molecule has 0 fully saturated rings. The molecule has 4 nitrogen and oxygen atoms in total. The Hall–Kier alpha value is -3.18. The molecular formula is C22H22FN3O. The van der Waals surface area contributed by atoms with Gasteiger partial charge in [0, 0.05) is 29.2 Å². The lowest BCUT2D eigenvalue weighted by molar-refractivity contribution is 0.180. The molecule has 0 amide bonds. The van der Waals surface area contributed by atoms with Gasteiger partial charge in [0.15, 0.2) is 0 Å². The third-order valence-corrected chi connectivity index (χ3v) is 4.17. The van der Waals surface area contributed by atoms with Gasteiger partial charge < -0.3 is 21.2 Å². The van der Waals surface area contributed by atoms with E-state index in [9.17, 15) is 4.39 Å². The van der Waals surface area contributed by atoms with Gasteiger partial charge in [-0.05, 0) is 55.0 Å². The van der Waals surface area contributed by atoms with Gasteiger partial charge in [-0.1, -0.05) is 30.3 Å². The van der Waals surface area contributed by atoms with Crippen molar-refractivity contribution in [2.75, 3.05) is 5.32 Å². The minimum absolute atomic E-state index is 0.201. The molecule has 0 bridgehead atoms. The summed E-state index contributed by atoms with van der Waals surface area (Å²) in [5.74, 6) is 0.337. The quantitative estimate of drug-likeness (QED) is 0.515. The van der Waals surface area contributed by atoms with Crippen LogP contribution in [0.2, 0.25) is 0 Å². The molecule has 0 saturated carbocycles. The van der Waals surface area contributed by atoms with Crippen LogP contribution < -0.4 is 15.8 Å². The topological polar surface area (TPSA) is 71.1 Å². The van der Waals surface area contributed by atoms with E-state index < -0.39 is 0 Å². The SMILES string of the molecule is C[C@H](N)[C@H](Oc1ccc(Nc2ccc(F)cc2)c(C=N)c1)c1ccccc1. The number of nitrogens with one attached hydrogen (secondary N) is 2. The van der Waals surface area contributed by atoms with Crippen LogP contribution in [0.5, 0.6) is 5.75 Å². The zero-order chi connectivity index (χ0) is 19.2. The van der Waals surface area contributed by atoms with E-state index in [1.807, 2.05) is 49.4 Å². The molecule has 27 heavy (non-hydrogen) atoms. The van der Waals surface area contributed by atoms with Crippen LogP contribution >= 0.6 is 0 Å². The van der Waals surface area contributed by atoms with Gasteiger partial charge in [-0.25, -0.2) is 4.39 Å². The fourth-order valence-electron chi connectivity index (χ4n) is 2.80.